The molecule has 0 unspecified atom stereocenters. The van der Waals surface area contributed by atoms with Crippen LogP contribution in [0, 0.1) is 17.1 Å². The third-order valence-electron chi connectivity index (χ3n) is 5.10. The van der Waals surface area contributed by atoms with Gasteiger partial charge in [-0.1, -0.05) is 12.1 Å². The van der Waals surface area contributed by atoms with E-state index in [0.717, 1.165) is 13.1 Å². The van der Waals surface area contributed by atoms with Crippen molar-refractivity contribution in [2.75, 3.05) is 42.9 Å². The average Bonchev–Trinajstić information content (AvgIpc) is 2.83. The Morgan fingerprint density at radius 2 is 1.61 bits per heavy atom. The monoisotopic (exact) mass is 510 g/mol. The Labute approximate surface area is 203 Å². The third-order valence-corrected chi connectivity index (χ3v) is 5.10. The number of halogens is 4. The minimum atomic E-state index is -5.08. The number of nitriles is 1. The number of carboxylic acids is 2. The number of carbonyl (C=O) groups is 3. The van der Waals surface area contributed by atoms with Crippen molar-refractivity contribution in [3.05, 3.63) is 59.4 Å². The fourth-order valence-corrected chi connectivity index (χ4v) is 3.33. The van der Waals surface area contributed by atoms with Gasteiger partial charge in [0, 0.05) is 44.8 Å². The van der Waals surface area contributed by atoms with Crippen LogP contribution in [0.5, 0.6) is 0 Å². The molecule has 0 spiro atoms. The standard InChI is InChI=1S/C21H21FN4O3.C2HF3O2/c22-18-5-2-1-4-16(18)20(27)24-15-6-7-19(17(14-15)21(28)29)26-12-10-25(11-13-26)9-3-8-23;3-2(4,5)1(6)7/h1-2,4-7,14H,3,9-13H2,(H,24,27)(H,28,29);(H,6,7). The summed E-state index contributed by atoms with van der Waals surface area (Å²) >= 11 is 0. The van der Waals surface area contributed by atoms with Crippen LogP contribution < -0.4 is 10.2 Å². The average molecular weight is 510 g/mol. The fraction of sp³-hybridized carbons (Fsp3) is 0.304. The maximum atomic E-state index is 13.8. The summed E-state index contributed by atoms with van der Waals surface area (Å²) in [6.07, 6.45) is -4.61. The van der Waals surface area contributed by atoms with Gasteiger partial charge < -0.3 is 20.4 Å². The molecular formula is C23H22F4N4O5. The second kappa shape index (κ2) is 12.5. The number of piperazine rings is 1. The Hall–Kier alpha value is -4.18. The number of aliphatic carboxylic acids is 1. The molecule has 2 aromatic carbocycles. The van der Waals surface area contributed by atoms with Crippen LogP contribution in [0.15, 0.2) is 42.5 Å². The van der Waals surface area contributed by atoms with Gasteiger partial charge in [0.15, 0.2) is 0 Å². The van der Waals surface area contributed by atoms with Crippen LogP contribution in [0.25, 0.3) is 0 Å². The van der Waals surface area contributed by atoms with Crippen LogP contribution in [0.2, 0.25) is 0 Å². The lowest BCUT2D eigenvalue weighted by atomic mass is 10.1. The molecule has 2 aromatic rings. The zero-order valence-corrected chi connectivity index (χ0v) is 18.8. The Morgan fingerprint density at radius 1 is 1.00 bits per heavy atom. The predicted molar refractivity (Wildman–Crippen MR) is 120 cm³/mol. The van der Waals surface area contributed by atoms with Crippen LogP contribution in [0.4, 0.5) is 28.9 Å². The smallest absolute Gasteiger partial charge is 0.478 e. The highest BCUT2D eigenvalue weighted by atomic mass is 19.4. The molecule has 1 aliphatic rings. The van der Waals surface area contributed by atoms with E-state index in [1.165, 1.54) is 24.3 Å². The lowest BCUT2D eigenvalue weighted by Gasteiger charge is -2.36. The van der Waals surface area contributed by atoms with Gasteiger partial charge in [0.05, 0.1) is 22.9 Å². The number of hydrogen-bond acceptors (Lipinski definition) is 6. The second-order valence-corrected chi connectivity index (χ2v) is 7.51. The van der Waals surface area contributed by atoms with Crippen LogP contribution >= 0.6 is 0 Å². The largest absolute Gasteiger partial charge is 0.490 e. The summed E-state index contributed by atoms with van der Waals surface area (Å²) in [5, 5.41) is 28.0. The van der Waals surface area contributed by atoms with Gasteiger partial charge in [-0.2, -0.15) is 18.4 Å². The van der Waals surface area contributed by atoms with Gasteiger partial charge in [0.1, 0.15) is 5.82 Å². The SMILES string of the molecule is N#CCCN1CCN(c2ccc(NC(=O)c3ccccc3F)cc2C(=O)O)CC1.O=C(O)C(F)(F)F. The molecule has 3 N–H and O–H groups in total. The first kappa shape index (κ1) is 28.1. The molecule has 36 heavy (non-hydrogen) atoms. The third kappa shape index (κ3) is 7.95. The lowest BCUT2D eigenvalue weighted by Crippen LogP contribution is -2.47. The molecule has 3 rings (SSSR count). The number of nitrogens with zero attached hydrogens (tertiary/aromatic N) is 3. The summed E-state index contributed by atoms with van der Waals surface area (Å²) < 4.78 is 45.5. The first-order chi connectivity index (χ1) is 16.9. The molecular weight excluding hydrogens is 488 g/mol. The van der Waals surface area contributed by atoms with Crippen molar-refractivity contribution in [1.82, 2.24) is 4.90 Å². The van der Waals surface area contributed by atoms with E-state index in [1.807, 2.05) is 4.90 Å². The van der Waals surface area contributed by atoms with E-state index in [4.69, 9.17) is 15.2 Å². The fourth-order valence-electron chi connectivity index (χ4n) is 3.33. The van der Waals surface area contributed by atoms with E-state index in [-0.39, 0.29) is 16.8 Å². The van der Waals surface area contributed by atoms with Gasteiger partial charge in [-0.15, -0.1) is 0 Å². The molecule has 0 saturated carbocycles. The maximum Gasteiger partial charge on any atom is 0.490 e. The minimum Gasteiger partial charge on any atom is -0.478 e. The minimum absolute atomic E-state index is 0.0711. The van der Waals surface area contributed by atoms with Crippen molar-refractivity contribution < 1.29 is 42.2 Å². The molecule has 1 saturated heterocycles. The van der Waals surface area contributed by atoms with Crippen LogP contribution in [-0.4, -0.2) is 71.9 Å². The van der Waals surface area contributed by atoms with E-state index in [0.29, 0.717) is 31.7 Å². The van der Waals surface area contributed by atoms with Crippen molar-refractivity contribution in [3.63, 3.8) is 0 Å². The number of amides is 1. The van der Waals surface area contributed by atoms with E-state index in [9.17, 15) is 32.3 Å². The maximum absolute atomic E-state index is 13.8. The summed E-state index contributed by atoms with van der Waals surface area (Å²) in [4.78, 5) is 37.1. The zero-order valence-electron chi connectivity index (χ0n) is 18.8. The number of nitrogens with one attached hydrogen (secondary N) is 1. The number of carbonyl (C=O) groups excluding carboxylic acids is 1. The molecule has 0 radical (unpaired) electrons. The Morgan fingerprint density at radius 3 is 2.14 bits per heavy atom. The van der Waals surface area contributed by atoms with Crippen molar-refractivity contribution in [2.45, 2.75) is 12.6 Å². The van der Waals surface area contributed by atoms with Crippen molar-refractivity contribution >= 4 is 29.2 Å². The highest BCUT2D eigenvalue weighted by Gasteiger charge is 2.38. The summed E-state index contributed by atoms with van der Waals surface area (Å²) in [5.41, 5.74) is 0.817. The first-order valence-electron chi connectivity index (χ1n) is 10.5. The summed E-state index contributed by atoms with van der Waals surface area (Å²) in [7, 11) is 0. The Bertz CT molecular complexity index is 1140. The normalized spacial score (nSPS) is 13.7. The van der Waals surface area contributed by atoms with Gasteiger partial charge in [-0.3, -0.25) is 9.69 Å². The number of alkyl halides is 3. The van der Waals surface area contributed by atoms with Gasteiger partial charge in [-0.25, -0.2) is 14.0 Å². The lowest BCUT2D eigenvalue weighted by molar-refractivity contribution is -0.192. The number of hydrogen-bond donors (Lipinski definition) is 3. The van der Waals surface area contributed by atoms with E-state index >= 15 is 0 Å². The predicted octanol–water partition coefficient (Wildman–Crippen LogP) is 3.45. The highest BCUT2D eigenvalue weighted by Crippen LogP contribution is 2.26. The first-order valence-corrected chi connectivity index (χ1v) is 10.5. The van der Waals surface area contributed by atoms with Crippen molar-refractivity contribution in [1.29, 1.82) is 5.26 Å². The van der Waals surface area contributed by atoms with Gasteiger partial charge in [0.2, 0.25) is 0 Å². The number of benzene rings is 2. The van der Waals surface area contributed by atoms with Crippen LogP contribution in [0.3, 0.4) is 0 Å². The zero-order chi connectivity index (χ0) is 26.9. The Kier molecular flexibility index (Phi) is 9.74. The van der Waals surface area contributed by atoms with Gasteiger partial charge >= 0.3 is 18.1 Å². The molecule has 1 fully saturated rings. The topological polar surface area (TPSA) is 134 Å². The van der Waals surface area contributed by atoms with Gasteiger partial charge in [-0.05, 0) is 30.3 Å². The number of carboxylic acid groups (broad SMARTS) is 2. The molecule has 0 aromatic heterocycles. The quantitative estimate of drug-likeness (QED) is 0.504. The van der Waals surface area contributed by atoms with Gasteiger partial charge in [0.25, 0.3) is 5.91 Å². The van der Waals surface area contributed by atoms with E-state index in [2.05, 4.69) is 16.3 Å². The van der Waals surface area contributed by atoms with Crippen molar-refractivity contribution in [2.24, 2.45) is 0 Å². The summed E-state index contributed by atoms with van der Waals surface area (Å²) in [5.74, 6) is -5.14. The van der Waals surface area contributed by atoms with E-state index < -0.39 is 29.8 Å². The molecule has 0 aliphatic carbocycles. The molecule has 13 heteroatoms. The molecule has 1 heterocycles. The van der Waals surface area contributed by atoms with Crippen molar-refractivity contribution in [3.8, 4) is 6.07 Å². The highest BCUT2D eigenvalue weighted by molar-refractivity contribution is 6.05. The summed E-state index contributed by atoms with van der Waals surface area (Å²) in [6.45, 7) is 3.48. The molecule has 0 bridgehead atoms. The molecule has 0 atom stereocenters. The summed E-state index contributed by atoms with van der Waals surface area (Å²) in [6, 6.07) is 12.4. The van der Waals surface area contributed by atoms with E-state index in [1.54, 1.807) is 18.2 Å². The molecule has 192 valence electrons. The van der Waals surface area contributed by atoms with Crippen LogP contribution in [-0.2, 0) is 4.79 Å². The molecule has 9 nitrogen and oxygen atoms in total. The van der Waals surface area contributed by atoms with Crippen LogP contribution in [0.1, 0.15) is 27.1 Å². The number of aromatic carboxylic acids is 1. The Balaban J connectivity index is 0.000000572. The molecule has 1 aliphatic heterocycles. The number of rotatable bonds is 6. The molecule has 1 amide bonds. The second-order valence-electron chi connectivity index (χ2n) is 7.51. The number of anilines is 2.